The summed E-state index contributed by atoms with van der Waals surface area (Å²) in [6.45, 7) is 0. The first-order valence-corrected chi connectivity index (χ1v) is 9.05. The Kier molecular flexibility index (Phi) is 4.62. The number of thiazole rings is 1. The van der Waals surface area contributed by atoms with Gasteiger partial charge in [-0.2, -0.15) is 0 Å². The molecule has 2 heterocycles. The number of nitrogens with zero attached hydrogens (tertiary/aromatic N) is 1. The summed E-state index contributed by atoms with van der Waals surface area (Å²) in [7, 11) is -0.891. The van der Waals surface area contributed by atoms with Gasteiger partial charge in [0, 0.05) is 21.9 Å². The molecule has 0 aliphatic rings. The molecule has 0 saturated heterocycles. The third-order valence-corrected chi connectivity index (χ3v) is 5.24. The van der Waals surface area contributed by atoms with Crippen molar-refractivity contribution in [2.75, 3.05) is 5.75 Å². The smallest absolute Gasteiger partial charge is 0.162 e. The fraction of sp³-hybridized carbons (Fsp3) is 0.188. The van der Waals surface area contributed by atoms with E-state index in [1.807, 2.05) is 35.7 Å². The Hall–Kier alpha value is -1.72. The largest absolute Gasteiger partial charge is 0.462 e. The molecule has 3 aromatic rings. The van der Waals surface area contributed by atoms with Crippen molar-refractivity contribution < 1.29 is 8.63 Å². The van der Waals surface area contributed by atoms with Crippen LogP contribution in [-0.4, -0.2) is 14.9 Å². The third-order valence-electron chi connectivity index (χ3n) is 3.05. The highest BCUT2D eigenvalue weighted by molar-refractivity contribution is 7.84. The van der Waals surface area contributed by atoms with Crippen LogP contribution in [0, 0.1) is 0 Å². The lowest BCUT2D eigenvalue weighted by molar-refractivity contribution is 0.581. The van der Waals surface area contributed by atoms with Gasteiger partial charge in [-0.15, -0.1) is 11.3 Å². The van der Waals surface area contributed by atoms with Crippen LogP contribution < -0.4 is 0 Å². The van der Waals surface area contributed by atoms with Crippen molar-refractivity contribution in [1.82, 2.24) is 4.98 Å². The number of hydrogen-bond donors (Lipinski definition) is 0. The number of hydrogen-bond acceptors (Lipinski definition) is 4. The van der Waals surface area contributed by atoms with Gasteiger partial charge in [0.05, 0.1) is 17.7 Å². The molecule has 0 aliphatic carbocycles. The van der Waals surface area contributed by atoms with Crippen molar-refractivity contribution in [2.45, 2.75) is 12.2 Å². The fourth-order valence-electron chi connectivity index (χ4n) is 2.00. The Morgan fingerprint density at radius 1 is 1.14 bits per heavy atom. The number of aryl methyl sites for hydroxylation is 1. The Balaban J connectivity index is 1.55. The molecule has 0 aliphatic heterocycles. The van der Waals surface area contributed by atoms with E-state index in [1.165, 1.54) is 16.9 Å². The summed E-state index contributed by atoms with van der Waals surface area (Å²) in [4.78, 5) is 4.48. The lowest BCUT2D eigenvalue weighted by Gasteiger charge is -2.01. The van der Waals surface area contributed by atoms with Crippen LogP contribution in [0.4, 0.5) is 0 Å². The van der Waals surface area contributed by atoms with Crippen molar-refractivity contribution in [3.8, 4) is 10.8 Å². The zero-order chi connectivity index (χ0) is 14.5. The summed E-state index contributed by atoms with van der Waals surface area (Å²) in [5.74, 6) is 1.93. The normalized spacial score (nSPS) is 12.4. The van der Waals surface area contributed by atoms with E-state index in [0.717, 1.165) is 22.9 Å². The Labute approximate surface area is 130 Å². The monoisotopic (exact) mass is 317 g/mol. The number of furan rings is 1. The molecule has 0 saturated carbocycles. The van der Waals surface area contributed by atoms with Gasteiger partial charge in [-0.3, -0.25) is 4.21 Å². The highest BCUT2D eigenvalue weighted by Gasteiger charge is 2.09. The van der Waals surface area contributed by atoms with Gasteiger partial charge >= 0.3 is 0 Å². The second-order valence-electron chi connectivity index (χ2n) is 4.65. The van der Waals surface area contributed by atoms with E-state index in [-0.39, 0.29) is 0 Å². The van der Waals surface area contributed by atoms with Crippen LogP contribution >= 0.6 is 11.3 Å². The second-order valence-corrected chi connectivity index (χ2v) is 7.08. The van der Waals surface area contributed by atoms with Gasteiger partial charge in [-0.1, -0.05) is 30.3 Å². The molecule has 1 unspecified atom stereocenters. The van der Waals surface area contributed by atoms with Crippen molar-refractivity contribution in [1.29, 1.82) is 0 Å². The summed E-state index contributed by atoms with van der Waals surface area (Å²) >= 11 is 1.52. The lowest BCUT2D eigenvalue weighted by Crippen LogP contribution is -2.04. The summed E-state index contributed by atoms with van der Waals surface area (Å²) in [5.41, 5.74) is 2.10. The van der Waals surface area contributed by atoms with Crippen LogP contribution in [0.1, 0.15) is 11.3 Å². The summed E-state index contributed by atoms with van der Waals surface area (Å²) in [6.07, 6.45) is 2.47. The lowest BCUT2D eigenvalue weighted by atomic mass is 10.2. The highest BCUT2D eigenvalue weighted by atomic mass is 32.2. The van der Waals surface area contributed by atoms with Crippen LogP contribution in [0.25, 0.3) is 10.8 Å². The van der Waals surface area contributed by atoms with Gasteiger partial charge in [0.2, 0.25) is 0 Å². The number of rotatable bonds is 6. The van der Waals surface area contributed by atoms with Crippen molar-refractivity contribution in [3.05, 3.63) is 65.4 Å². The van der Waals surface area contributed by atoms with Crippen LogP contribution in [0.15, 0.2) is 58.5 Å². The van der Waals surface area contributed by atoms with E-state index < -0.39 is 10.8 Å². The molecule has 21 heavy (non-hydrogen) atoms. The van der Waals surface area contributed by atoms with Gasteiger partial charge in [-0.25, -0.2) is 4.98 Å². The van der Waals surface area contributed by atoms with E-state index in [1.54, 1.807) is 6.26 Å². The zero-order valence-electron chi connectivity index (χ0n) is 11.4. The predicted octanol–water partition coefficient (Wildman–Crippen LogP) is 3.89. The summed E-state index contributed by atoms with van der Waals surface area (Å²) in [5, 5.41) is 2.80. The maximum absolute atomic E-state index is 12.1. The molecule has 0 amide bonds. The maximum atomic E-state index is 12.1. The number of benzene rings is 1. The Morgan fingerprint density at radius 3 is 2.76 bits per heavy atom. The quantitative estimate of drug-likeness (QED) is 0.692. The molecule has 5 heteroatoms. The predicted molar refractivity (Wildman–Crippen MR) is 86.7 cm³/mol. The molecular formula is C16H15NO2S2. The average molecular weight is 317 g/mol. The molecule has 0 radical (unpaired) electrons. The van der Waals surface area contributed by atoms with E-state index >= 15 is 0 Å². The van der Waals surface area contributed by atoms with Crippen molar-refractivity contribution in [2.24, 2.45) is 0 Å². The molecule has 0 fully saturated rings. The molecule has 0 bridgehead atoms. The molecule has 1 aromatic carbocycles. The zero-order valence-corrected chi connectivity index (χ0v) is 13.0. The Morgan fingerprint density at radius 2 is 2.00 bits per heavy atom. The van der Waals surface area contributed by atoms with E-state index in [2.05, 4.69) is 17.1 Å². The molecule has 0 spiro atoms. The minimum Gasteiger partial charge on any atom is -0.462 e. The van der Waals surface area contributed by atoms with Crippen molar-refractivity contribution in [3.63, 3.8) is 0 Å². The first-order valence-electron chi connectivity index (χ1n) is 6.68. The fourth-order valence-corrected chi connectivity index (χ4v) is 3.98. The van der Waals surface area contributed by atoms with Gasteiger partial charge in [0.1, 0.15) is 0 Å². The first-order chi connectivity index (χ1) is 10.3. The Bertz CT molecular complexity index is 705. The van der Waals surface area contributed by atoms with E-state index in [9.17, 15) is 4.21 Å². The van der Waals surface area contributed by atoms with Gasteiger partial charge in [0.15, 0.2) is 10.8 Å². The van der Waals surface area contributed by atoms with Crippen LogP contribution in [0.2, 0.25) is 0 Å². The molecule has 1 atom stereocenters. The van der Waals surface area contributed by atoms with E-state index in [4.69, 9.17) is 4.42 Å². The van der Waals surface area contributed by atoms with Crippen LogP contribution in [0.3, 0.4) is 0 Å². The van der Waals surface area contributed by atoms with Crippen LogP contribution in [-0.2, 0) is 23.0 Å². The molecule has 0 N–H and O–H groups in total. The molecule has 3 rings (SSSR count). The summed E-state index contributed by atoms with van der Waals surface area (Å²) in [6, 6.07) is 13.9. The highest BCUT2D eigenvalue weighted by Crippen LogP contribution is 2.24. The van der Waals surface area contributed by atoms with Crippen molar-refractivity contribution >= 4 is 22.1 Å². The molecule has 2 aromatic heterocycles. The standard InChI is InChI=1S/C16H15NO2S2/c18-21(10-8-13-5-2-1-3-6-13)12-14-11-20-16(17-14)15-7-4-9-19-15/h1-7,9,11H,8,10,12H2. The topological polar surface area (TPSA) is 43.1 Å². The minimum absolute atomic E-state index is 0.504. The number of aromatic nitrogens is 1. The van der Waals surface area contributed by atoms with Gasteiger partial charge in [0.25, 0.3) is 0 Å². The average Bonchev–Trinajstić information content (AvgIpc) is 3.17. The molecule has 108 valence electrons. The third kappa shape index (κ3) is 3.89. The summed E-state index contributed by atoms with van der Waals surface area (Å²) < 4.78 is 17.4. The molecule has 3 nitrogen and oxygen atoms in total. The first kappa shape index (κ1) is 14.2. The second kappa shape index (κ2) is 6.83. The van der Waals surface area contributed by atoms with Crippen LogP contribution in [0.5, 0.6) is 0 Å². The maximum Gasteiger partial charge on any atom is 0.162 e. The minimum atomic E-state index is -0.891. The SMILES string of the molecule is O=S(CCc1ccccc1)Cc1csc(-c2ccco2)n1. The van der Waals surface area contributed by atoms with Gasteiger partial charge in [-0.05, 0) is 24.1 Å². The molecular weight excluding hydrogens is 302 g/mol. The van der Waals surface area contributed by atoms with Gasteiger partial charge < -0.3 is 4.42 Å². The van der Waals surface area contributed by atoms with E-state index in [0.29, 0.717) is 11.5 Å².